The number of rotatable bonds is 3. The smallest absolute Gasteiger partial charge is 0.274 e. The van der Waals surface area contributed by atoms with Crippen molar-refractivity contribution in [1.82, 2.24) is 24.9 Å². The van der Waals surface area contributed by atoms with Gasteiger partial charge in [-0.25, -0.2) is 4.68 Å². The van der Waals surface area contributed by atoms with Gasteiger partial charge >= 0.3 is 0 Å². The normalized spacial score (nSPS) is 19.7. The lowest BCUT2D eigenvalue weighted by Crippen LogP contribution is -2.41. The summed E-state index contributed by atoms with van der Waals surface area (Å²) in [4.78, 5) is 26.8. The lowest BCUT2D eigenvalue weighted by atomic mass is 10.2. The SMILES string of the molecule is Cc1cc(C(=O)N2CCCC2Cn2nc3c(cc2=O)CCC3)n[nH]1. The van der Waals surface area contributed by atoms with Gasteiger partial charge in [0.05, 0.1) is 18.3 Å². The molecule has 0 bridgehead atoms. The van der Waals surface area contributed by atoms with Crippen molar-refractivity contribution in [2.45, 2.75) is 51.6 Å². The number of aryl methyl sites for hydroxylation is 3. The second kappa shape index (κ2) is 5.89. The zero-order chi connectivity index (χ0) is 16.7. The summed E-state index contributed by atoms with van der Waals surface area (Å²) in [5, 5.41) is 11.4. The third-order valence-corrected chi connectivity index (χ3v) is 4.97. The number of hydrogen-bond donors (Lipinski definition) is 1. The lowest BCUT2D eigenvalue weighted by Gasteiger charge is -2.24. The van der Waals surface area contributed by atoms with E-state index >= 15 is 0 Å². The van der Waals surface area contributed by atoms with Crippen molar-refractivity contribution in [3.05, 3.63) is 45.1 Å². The van der Waals surface area contributed by atoms with Crippen molar-refractivity contribution < 1.29 is 4.79 Å². The molecule has 2 aliphatic rings. The molecule has 1 aliphatic carbocycles. The summed E-state index contributed by atoms with van der Waals surface area (Å²) >= 11 is 0. The van der Waals surface area contributed by atoms with Gasteiger partial charge in [-0.1, -0.05) is 0 Å². The quantitative estimate of drug-likeness (QED) is 0.914. The second-order valence-electron chi connectivity index (χ2n) is 6.72. The van der Waals surface area contributed by atoms with Gasteiger partial charge in [0.1, 0.15) is 5.69 Å². The van der Waals surface area contributed by atoms with Gasteiger partial charge in [-0.05, 0) is 50.7 Å². The molecule has 7 heteroatoms. The van der Waals surface area contributed by atoms with Crippen molar-refractivity contribution in [2.24, 2.45) is 0 Å². The number of carbonyl (C=O) groups is 1. The summed E-state index contributed by atoms with van der Waals surface area (Å²) < 4.78 is 1.54. The predicted octanol–water partition coefficient (Wildman–Crippen LogP) is 1.07. The molecule has 1 amide bonds. The standard InChI is InChI=1S/C17H21N5O2/c1-11-8-15(19-18-11)17(24)21-7-3-5-13(21)10-22-16(23)9-12-4-2-6-14(12)20-22/h8-9,13H,2-7,10H2,1H3,(H,18,19). The summed E-state index contributed by atoms with van der Waals surface area (Å²) in [5.74, 6) is -0.0731. The molecule has 0 spiro atoms. The first-order valence-corrected chi connectivity index (χ1v) is 8.55. The van der Waals surface area contributed by atoms with Crippen LogP contribution in [0, 0.1) is 6.92 Å². The zero-order valence-electron chi connectivity index (χ0n) is 13.8. The topological polar surface area (TPSA) is 83.9 Å². The number of hydrogen-bond acceptors (Lipinski definition) is 4. The van der Waals surface area contributed by atoms with Crippen LogP contribution < -0.4 is 5.56 Å². The average molecular weight is 327 g/mol. The fourth-order valence-corrected chi connectivity index (χ4v) is 3.74. The predicted molar refractivity (Wildman–Crippen MR) is 87.9 cm³/mol. The highest BCUT2D eigenvalue weighted by atomic mass is 16.2. The summed E-state index contributed by atoms with van der Waals surface area (Å²) in [6.45, 7) is 3.04. The van der Waals surface area contributed by atoms with E-state index in [9.17, 15) is 9.59 Å². The molecule has 0 aromatic carbocycles. The summed E-state index contributed by atoms with van der Waals surface area (Å²) in [5.41, 5.74) is 3.36. The van der Waals surface area contributed by atoms with Crippen LogP contribution >= 0.6 is 0 Å². The van der Waals surface area contributed by atoms with E-state index in [4.69, 9.17) is 0 Å². The first kappa shape index (κ1) is 15.1. The van der Waals surface area contributed by atoms with Crippen molar-refractivity contribution in [3.8, 4) is 0 Å². The second-order valence-corrected chi connectivity index (χ2v) is 6.72. The molecule has 1 unspecified atom stereocenters. The Bertz CT molecular complexity index is 838. The van der Waals surface area contributed by atoms with Crippen LogP contribution in [0.1, 0.15) is 46.7 Å². The third-order valence-electron chi connectivity index (χ3n) is 4.97. The Labute approximate surface area is 139 Å². The minimum Gasteiger partial charge on any atom is -0.332 e. The van der Waals surface area contributed by atoms with E-state index in [1.54, 1.807) is 12.1 Å². The molecule has 1 atom stereocenters. The molecule has 24 heavy (non-hydrogen) atoms. The minimum absolute atomic E-state index is 0.000779. The Hall–Kier alpha value is -2.44. The van der Waals surface area contributed by atoms with Gasteiger partial charge in [-0.3, -0.25) is 14.7 Å². The van der Waals surface area contributed by atoms with Crippen LogP contribution in [0.5, 0.6) is 0 Å². The molecule has 2 aromatic heterocycles. The summed E-state index contributed by atoms with van der Waals surface area (Å²) in [7, 11) is 0. The monoisotopic (exact) mass is 327 g/mol. The fraction of sp³-hybridized carbons (Fsp3) is 0.529. The van der Waals surface area contributed by atoms with Crippen molar-refractivity contribution >= 4 is 5.91 Å². The van der Waals surface area contributed by atoms with E-state index in [1.165, 1.54) is 4.68 Å². The number of fused-ring (bicyclic) bond motifs is 1. The van der Waals surface area contributed by atoms with Crippen LogP contribution in [0.2, 0.25) is 0 Å². The van der Waals surface area contributed by atoms with Crippen LogP contribution in [0.4, 0.5) is 0 Å². The van der Waals surface area contributed by atoms with Gasteiger partial charge in [0, 0.05) is 18.3 Å². The first-order valence-electron chi connectivity index (χ1n) is 8.55. The molecule has 1 N–H and O–H groups in total. The summed E-state index contributed by atoms with van der Waals surface area (Å²) in [6, 6.07) is 3.48. The highest BCUT2D eigenvalue weighted by Gasteiger charge is 2.31. The highest BCUT2D eigenvalue weighted by Crippen LogP contribution is 2.22. The van der Waals surface area contributed by atoms with Crippen LogP contribution in [0.15, 0.2) is 16.9 Å². The molecule has 4 rings (SSSR count). The van der Waals surface area contributed by atoms with Gasteiger partial charge in [0.15, 0.2) is 0 Å². The molecule has 126 valence electrons. The van der Waals surface area contributed by atoms with Gasteiger partial charge < -0.3 is 4.90 Å². The Morgan fingerprint density at radius 3 is 3.00 bits per heavy atom. The van der Waals surface area contributed by atoms with Gasteiger partial charge in [-0.2, -0.15) is 10.2 Å². The highest BCUT2D eigenvalue weighted by molar-refractivity contribution is 5.92. The van der Waals surface area contributed by atoms with Gasteiger partial charge in [0.25, 0.3) is 11.5 Å². The van der Waals surface area contributed by atoms with Crippen LogP contribution in [-0.2, 0) is 19.4 Å². The average Bonchev–Trinajstić information content (AvgIpc) is 3.28. The summed E-state index contributed by atoms with van der Waals surface area (Å²) in [6.07, 6.45) is 4.79. The Kier molecular flexibility index (Phi) is 3.70. The number of nitrogens with one attached hydrogen (secondary N) is 1. The van der Waals surface area contributed by atoms with Crippen molar-refractivity contribution in [3.63, 3.8) is 0 Å². The van der Waals surface area contributed by atoms with Gasteiger partial charge in [-0.15, -0.1) is 0 Å². The number of nitrogens with zero attached hydrogens (tertiary/aromatic N) is 4. The maximum absolute atomic E-state index is 12.7. The fourth-order valence-electron chi connectivity index (χ4n) is 3.74. The van der Waals surface area contributed by atoms with E-state index in [-0.39, 0.29) is 17.5 Å². The number of amides is 1. The van der Waals surface area contributed by atoms with E-state index in [0.717, 1.165) is 49.1 Å². The molecule has 2 aromatic rings. The first-order chi connectivity index (χ1) is 11.6. The Morgan fingerprint density at radius 1 is 1.33 bits per heavy atom. The Morgan fingerprint density at radius 2 is 2.21 bits per heavy atom. The minimum atomic E-state index is -0.0731. The molecule has 3 heterocycles. The molecule has 1 fully saturated rings. The number of H-pyrrole nitrogens is 1. The maximum atomic E-state index is 12.7. The number of aromatic amines is 1. The van der Waals surface area contributed by atoms with E-state index in [1.807, 2.05) is 11.8 Å². The molecular formula is C17H21N5O2. The van der Waals surface area contributed by atoms with Crippen LogP contribution in [0.3, 0.4) is 0 Å². The largest absolute Gasteiger partial charge is 0.332 e. The molecule has 0 saturated carbocycles. The van der Waals surface area contributed by atoms with Crippen molar-refractivity contribution in [2.75, 3.05) is 6.54 Å². The zero-order valence-corrected chi connectivity index (χ0v) is 13.8. The lowest BCUT2D eigenvalue weighted by molar-refractivity contribution is 0.0714. The van der Waals surface area contributed by atoms with Crippen molar-refractivity contribution in [1.29, 1.82) is 0 Å². The van der Waals surface area contributed by atoms with E-state index in [2.05, 4.69) is 15.3 Å². The van der Waals surface area contributed by atoms with E-state index < -0.39 is 0 Å². The molecule has 1 aliphatic heterocycles. The van der Waals surface area contributed by atoms with Crippen LogP contribution in [-0.4, -0.2) is 43.4 Å². The Balaban J connectivity index is 1.56. The molecule has 1 saturated heterocycles. The maximum Gasteiger partial charge on any atom is 0.274 e. The third kappa shape index (κ3) is 2.64. The molecular weight excluding hydrogens is 306 g/mol. The molecule has 0 radical (unpaired) electrons. The number of carbonyl (C=O) groups excluding carboxylic acids is 1. The number of aromatic nitrogens is 4. The number of likely N-dealkylation sites (tertiary alicyclic amines) is 1. The van der Waals surface area contributed by atoms with Crippen LogP contribution in [0.25, 0.3) is 0 Å². The molecule has 7 nitrogen and oxygen atoms in total. The van der Waals surface area contributed by atoms with Gasteiger partial charge in [0.2, 0.25) is 0 Å². The van der Waals surface area contributed by atoms with E-state index in [0.29, 0.717) is 18.8 Å².